The second-order valence-electron chi connectivity index (χ2n) is 9.00. The van der Waals surface area contributed by atoms with Crippen molar-refractivity contribution in [1.29, 1.82) is 0 Å². The monoisotopic (exact) mass is 548 g/mol. The van der Waals surface area contributed by atoms with E-state index in [1.165, 1.54) is 29.8 Å². The molecule has 3 aromatic heterocycles. The molecule has 0 saturated carbocycles. The molecule has 5 rings (SSSR count). The van der Waals surface area contributed by atoms with E-state index in [1.807, 2.05) is 18.2 Å². The Kier molecular flexibility index (Phi) is 7.32. The number of anilines is 3. The zero-order valence-electron chi connectivity index (χ0n) is 20.8. The number of nitrogens with zero attached hydrogens (tertiary/aromatic N) is 4. The summed E-state index contributed by atoms with van der Waals surface area (Å²) in [5.41, 5.74) is 8.34. The zero-order valence-corrected chi connectivity index (χ0v) is 22.5. The predicted molar refractivity (Wildman–Crippen MR) is 153 cm³/mol. The first-order valence-electron chi connectivity index (χ1n) is 12.1. The maximum Gasteiger partial charge on any atom is 0.277 e. The number of hydrogen-bond donors (Lipinski definition) is 2. The maximum absolute atomic E-state index is 13.3. The summed E-state index contributed by atoms with van der Waals surface area (Å²) in [7, 11) is -1.67. The van der Waals surface area contributed by atoms with Gasteiger partial charge in [-0.1, -0.05) is 12.1 Å². The lowest BCUT2D eigenvalue weighted by Crippen LogP contribution is -2.44. The Hall–Kier alpha value is -3.93. The van der Waals surface area contributed by atoms with Gasteiger partial charge in [-0.15, -0.1) is 11.3 Å². The summed E-state index contributed by atoms with van der Waals surface area (Å²) >= 11 is 1.22. The van der Waals surface area contributed by atoms with Crippen LogP contribution in [-0.4, -0.2) is 61.4 Å². The van der Waals surface area contributed by atoms with Crippen LogP contribution in [0.15, 0.2) is 83.5 Å². The largest absolute Gasteiger partial charge is 0.397 e. The highest BCUT2D eigenvalue weighted by atomic mass is 32.2. The number of carbonyl (C=O) groups is 1. The Morgan fingerprint density at radius 2 is 1.87 bits per heavy atom. The van der Waals surface area contributed by atoms with Crippen molar-refractivity contribution in [2.45, 2.75) is 4.21 Å². The van der Waals surface area contributed by atoms with E-state index in [2.05, 4.69) is 27.1 Å². The molecule has 0 aliphatic carbocycles. The number of piperazine rings is 1. The molecule has 1 amide bonds. The van der Waals surface area contributed by atoms with Crippen molar-refractivity contribution in [3.8, 4) is 10.4 Å². The van der Waals surface area contributed by atoms with Gasteiger partial charge in [-0.3, -0.25) is 4.79 Å². The van der Waals surface area contributed by atoms with Crippen LogP contribution in [0.3, 0.4) is 0 Å². The third-order valence-electron chi connectivity index (χ3n) is 6.31. The number of nitrogen functional groups attached to an aromatic ring is 1. The number of benzene rings is 1. The summed E-state index contributed by atoms with van der Waals surface area (Å²) in [6, 6.07) is 16.0. The smallest absolute Gasteiger partial charge is 0.277 e. The van der Waals surface area contributed by atoms with E-state index in [1.54, 1.807) is 48.7 Å². The molecule has 0 radical (unpaired) electrons. The minimum absolute atomic E-state index is 0.230. The number of amides is 1. The molecule has 38 heavy (non-hydrogen) atoms. The van der Waals surface area contributed by atoms with Gasteiger partial charge >= 0.3 is 0 Å². The Bertz CT molecular complexity index is 1580. The van der Waals surface area contributed by atoms with Crippen molar-refractivity contribution in [3.05, 3.63) is 84.8 Å². The average Bonchev–Trinajstić information content (AvgIpc) is 3.61. The van der Waals surface area contributed by atoms with Crippen LogP contribution in [0, 0.1) is 0 Å². The van der Waals surface area contributed by atoms with Crippen LogP contribution in [0.25, 0.3) is 16.5 Å². The summed E-state index contributed by atoms with van der Waals surface area (Å²) in [6.45, 7) is 3.77. The lowest BCUT2D eigenvalue weighted by atomic mass is 10.2. The number of thiophene rings is 1. The van der Waals surface area contributed by atoms with Crippen molar-refractivity contribution in [1.82, 2.24) is 13.9 Å². The summed E-state index contributed by atoms with van der Waals surface area (Å²) in [5.74, 6) is 0.531. The topological polar surface area (TPSA) is 114 Å². The summed E-state index contributed by atoms with van der Waals surface area (Å²) in [6.07, 6.45) is 7.61. The third-order valence-corrected chi connectivity index (χ3v) is 9.54. The SMILES string of the molecule is CN1CCN(c2cc(-c3ccc(S(=O)(=O)n4ccc(/C=C/C(=O)Nc5ccccc5N)c4)s3)ccn2)CC1. The molecule has 1 saturated heterocycles. The standard InChI is InChI=1S/C27H28N6O3S2/c1-31-14-16-32(17-15-31)25-18-21(10-12-29-25)24-7-9-27(37-24)38(35,36)33-13-11-20(19-33)6-8-26(34)30-23-5-3-2-4-22(23)28/h2-13,18-19H,14-17,28H2,1H3,(H,30,34)/b8-6+. The van der Waals surface area contributed by atoms with Crippen molar-refractivity contribution < 1.29 is 13.2 Å². The van der Waals surface area contributed by atoms with Crippen molar-refractivity contribution >= 4 is 50.5 Å². The van der Waals surface area contributed by atoms with Crippen LogP contribution >= 0.6 is 11.3 Å². The Morgan fingerprint density at radius 1 is 1.08 bits per heavy atom. The number of hydrogen-bond acceptors (Lipinski definition) is 8. The second-order valence-corrected chi connectivity index (χ2v) is 12.2. The number of pyridine rings is 1. The minimum atomic E-state index is -3.78. The highest BCUT2D eigenvalue weighted by Gasteiger charge is 2.21. The molecular weight excluding hydrogens is 520 g/mol. The number of aromatic nitrogens is 2. The first-order chi connectivity index (χ1) is 18.3. The Morgan fingerprint density at radius 3 is 2.66 bits per heavy atom. The quantitative estimate of drug-likeness (QED) is 0.267. The lowest BCUT2D eigenvalue weighted by Gasteiger charge is -2.33. The van der Waals surface area contributed by atoms with Crippen LogP contribution in [0.4, 0.5) is 17.2 Å². The van der Waals surface area contributed by atoms with Gasteiger partial charge in [0.1, 0.15) is 10.0 Å². The lowest BCUT2D eigenvalue weighted by molar-refractivity contribution is -0.111. The van der Waals surface area contributed by atoms with Gasteiger partial charge in [0.15, 0.2) is 0 Å². The van der Waals surface area contributed by atoms with Gasteiger partial charge in [0, 0.05) is 55.7 Å². The van der Waals surface area contributed by atoms with Gasteiger partial charge in [0.2, 0.25) is 5.91 Å². The van der Waals surface area contributed by atoms with Gasteiger partial charge in [-0.2, -0.15) is 8.42 Å². The molecule has 1 aromatic carbocycles. The van der Waals surface area contributed by atoms with E-state index < -0.39 is 10.0 Å². The maximum atomic E-state index is 13.3. The number of likely N-dealkylation sites (N-methyl/N-ethyl adjacent to an activating group) is 1. The van der Waals surface area contributed by atoms with E-state index in [4.69, 9.17) is 5.73 Å². The Balaban J connectivity index is 1.29. The number of para-hydroxylation sites is 2. The van der Waals surface area contributed by atoms with Crippen molar-refractivity contribution in [2.24, 2.45) is 0 Å². The predicted octanol–water partition coefficient (Wildman–Crippen LogP) is 3.83. The molecule has 0 atom stereocenters. The number of nitrogens with one attached hydrogen (secondary N) is 1. The van der Waals surface area contributed by atoms with E-state index in [9.17, 15) is 13.2 Å². The van der Waals surface area contributed by atoms with Gasteiger partial charge in [-0.05, 0) is 66.7 Å². The molecule has 11 heteroatoms. The molecule has 1 fully saturated rings. The molecule has 4 aromatic rings. The highest BCUT2D eigenvalue weighted by molar-refractivity contribution is 7.92. The third kappa shape index (κ3) is 5.64. The molecule has 3 N–H and O–H groups in total. The molecule has 1 aliphatic heterocycles. The van der Waals surface area contributed by atoms with E-state index in [0.29, 0.717) is 16.9 Å². The molecule has 1 aliphatic rings. The van der Waals surface area contributed by atoms with Crippen LogP contribution in [0.1, 0.15) is 5.56 Å². The molecule has 0 spiro atoms. The fourth-order valence-electron chi connectivity index (χ4n) is 4.10. The number of carbonyl (C=O) groups excluding carboxylic acids is 1. The van der Waals surface area contributed by atoms with Gasteiger partial charge in [-0.25, -0.2) is 8.96 Å². The fourth-order valence-corrected chi connectivity index (χ4v) is 6.71. The van der Waals surface area contributed by atoms with Crippen LogP contribution in [-0.2, 0) is 14.8 Å². The average molecular weight is 549 g/mol. The molecule has 0 unspecified atom stereocenters. The first-order valence-corrected chi connectivity index (χ1v) is 14.3. The van der Waals surface area contributed by atoms with Crippen LogP contribution in [0.2, 0.25) is 0 Å². The first kappa shape index (κ1) is 25.7. The van der Waals surface area contributed by atoms with E-state index in [-0.39, 0.29) is 10.1 Å². The van der Waals surface area contributed by atoms with Gasteiger partial charge in [0.05, 0.1) is 11.4 Å². The Labute approximate surface area is 225 Å². The van der Waals surface area contributed by atoms with E-state index in [0.717, 1.165) is 46.4 Å². The summed E-state index contributed by atoms with van der Waals surface area (Å²) < 4.78 is 28.0. The van der Waals surface area contributed by atoms with Crippen molar-refractivity contribution in [3.63, 3.8) is 0 Å². The fraction of sp³-hybridized carbons (Fsp3) is 0.185. The van der Waals surface area contributed by atoms with Crippen LogP contribution in [0.5, 0.6) is 0 Å². The zero-order chi connectivity index (χ0) is 26.7. The van der Waals surface area contributed by atoms with Crippen molar-refractivity contribution in [2.75, 3.05) is 49.2 Å². The minimum Gasteiger partial charge on any atom is -0.397 e. The van der Waals surface area contributed by atoms with E-state index >= 15 is 0 Å². The molecule has 0 bridgehead atoms. The molecular formula is C27H28N6O3S2. The second kappa shape index (κ2) is 10.8. The van der Waals surface area contributed by atoms with Gasteiger partial charge < -0.3 is 20.9 Å². The summed E-state index contributed by atoms with van der Waals surface area (Å²) in [5, 5.41) is 2.70. The van der Waals surface area contributed by atoms with Crippen LogP contribution < -0.4 is 16.0 Å². The normalized spacial score (nSPS) is 14.7. The summed E-state index contributed by atoms with van der Waals surface area (Å²) in [4.78, 5) is 22.2. The molecule has 196 valence electrons. The molecule has 9 nitrogen and oxygen atoms in total. The number of nitrogens with two attached hydrogens (primary N) is 1. The highest BCUT2D eigenvalue weighted by Crippen LogP contribution is 2.33. The number of rotatable bonds is 7. The van der Waals surface area contributed by atoms with Gasteiger partial charge in [0.25, 0.3) is 10.0 Å². The molecule has 4 heterocycles.